The lowest BCUT2D eigenvalue weighted by Gasteiger charge is -2.15. The first-order valence-electron chi connectivity index (χ1n) is 7.84. The predicted octanol–water partition coefficient (Wildman–Crippen LogP) is 3.27. The highest BCUT2D eigenvalue weighted by molar-refractivity contribution is 5.46. The molecule has 0 unspecified atom stereocenters. The summed E-state index contributed by atoms with van der Waals surface area (Å²) >= 11 is 0. The molecule has 124 valence electrons. The molecule has 2 aromatic rings. The molecule has 4 heteroatoms. The van der Waals surface area contributed by atoms with Crippen LogP contribution in [0.2, 0.25) is 0 Å². The number of hydrogen-bond acceptors (Lipinski definition) is 4. The van der Waals surface area contributed by atoms with E-state index in [1.165, 1.54) is 5.56 Å². The Morgan fingerprint density at radius 1 is 0.957 bits per heavy atom. The molecular formula is C19H25NO3. The molecular weight excluding hydrogens is 290 g/mol. The van der Waals surface area contributed by atoms with Gasteiger partial charge in [0.25, 0.3) is 0 Å². The lowest BCUT2D eigenvalue weighted by molar-refractivity contribution is 0.209. The van der Waals surface area contributed by atoms with Crippen molar-refractivity contribution in [3.05, 3.63) is 53.1 Å². The number of aryl methyl sites for hydroxylation is 2. The smallest absolute Gasteiger partial charge is 0.164 e. The van der Waals surface area contributed by atoms with Gasteiger partial charge in [0.1, 0.15) is 19.0 Å². The quantitative estimate of drug-likeness (QED) is 0.760. The fraction of sp³-hybridized carbons (Fsp3) is 0.368. The van der Waals surface area contributed by atoms with Gasteiger partial charge in [-0.2, -0.15) is 0 Å². The van der Waals surface area contributed by atoms with Crippen molar-refractivity contribution in [3.8, 4) is 17.2 Å². The average Bonchev–Trinajstić information content (AvgIpc) is 2.54. The zero-order chi connectivity index (χ0) is 16.7. The molecule has 0 amide bonds. The first kappa shape index (κ1) is 17.2. The maximum Gasteiger partial charge on any atom is 0.164 e. The minimum atomic E-state index is 0.450. The molecule has 0 aliphatic heterocycles. The predicted molar refractivity (Wildman–Crippen MR) is 92.7 cm³/mol. The van der Waals surface area contributed by atoms with E-state index in [0.717, 1.165) is 34.8 Å². The molecule has 0 atom stereocenters. The van der Waals surface area contributed by atoms with Gasteiger partial charge >= 0.3 is 0 Å². The molecule has 0 aromatic heterocycles. The minimum absolute atomic E-state index is 0.450. The molecule has 0 aliphatic rings. The standard InChI is InChI=1S/C19H25NO3/c1-14-7-8-17(15(2)13-14)22-11-12-23-19-16(9-10-20)5-4-6-18(19)21-3/h4-8,13H,9-12,20H2,1-3H3. The van der Waals surface area contributed by atoms with Crippen LogP contribution in [-0.4, -0.2) is 26.9 Å². The van der Waals surface area contributed by atoms with Gasteiger partial charge in [0.05, 0.1) is 7.11 Å². The maximum atomic E-state index is 5.89. The zero-order valence-corrected chi connectivity index (χ0v) is 14.1. The van der Waals surface area contributed by atoms with Crippen molar-refractivity contribution in [2.75, 3.05) is 26.9 Å². The SMILES string of the molecule is COc1cccc(CCN)c1OCCOc1ccc(C)cc1C. The van der Waals surface area contributed by atoms with Gasteiger partial charge in [0.2, 0.25) is 0 Å². The Balaban J connectivity index is 1.95. The highest BCUT2D eigenvalue weighted by Gasteiger charge is 2.10. The largest absolute Gasteiger partial charge is 0.493 e. The maximum absolute atomic E-state index is 5.89. The van der Waals surface area contributed by atoms with Crippen molar-refractivity contribution in [3.63, 3.8) is 0 Å². The van der Waals surface area contributed by atoms with Gasteiger partial charge in [0.15, 0.2) is 11.5 Å². The summed E-state index contributed by atoms with van der Waals surface area (Å²) in [6.45, 7) is 5.61. The van der Waals surface area contributed by atoms with Crippen LogP contribution in [0, 0.1) is 13.8 Å². The molecule has 2 N–H and O–H groups in total. The Labute approximate surface area is 138 Å². The van der Waals surface area contributed by atoms with E-state index in [-0.39, 0.29) is 0 Å². The lowest BCUT2D eigenvalue weighted by atomic mass is 10.1. The molecule has 0 radical (unpaired) electrons. The Morgan fingerprint density at radius 3 is 2.43 bits per heavy atom. The van der Waals surface area contributed by atoms with E-state index in [1.807, 2.05) is 37.3 Å². The number of hydrogen-bond donors (Lipinski definition) is 1. The summed E-state index contributed by atoms with van der Waals surface area (Å²) in [6.07, 6.45) is 0.754. The Bertz CT molecular complexity index is 641. The molecule has 0 heterocycles. The van der Waals surface area contributed by atoms with Crippen LogP contribution in [0.4, 0.5) is 0 Å². The second kappa shape index (κ2) is 8.44. The van der Waals surface area contributed by atoms with Crippen LogP contribution in [-0.2, 0) is 6.42 Å². The molecule has 2 rings (SSSR count). The average molecular weight is 315 g/mol. The van der Waals surface area contributed by atoms with Gasteiger partial charge in [-0.15, -0.1) is 0 Å². The summed E-state index contributed by atoms with van der Waals surface area (Å²) in [4.78, 5) is 0. The van der Waals surface area contributed by atoms with Crippen molar-refractivity contribution in [2.45, 2.75) is 20.3 Å². The fourth-order valence-corrected chi connectivity index (χ4v) is 2.49. The van der Waals surface area contributed by atoms with Crippen LogP contribution in [0.15, 0.2) is 36.4 Å². The van der Waals surface area contributed by atoms with E-state index in [0.29, 0.717) is 19.8 Å². The van der Waals surface area contributed by atoms with Crippen LogP contribution in [0.25, 0.3) is 0 Å². The number of rotatable bonds is 8. The highest BCUT2D eigenvalue weighted by Crippen LogP contribution is 2.31. The zero-order valence-electron chi connectivity index (χ0n) is 14.1. The molecule has 2 aromatic carbocycles. The van der Waals surface area contributed by atoms with E-state index in [1.54, 1.807) is 7.11 Å². The van der Waals surface area contributed by atoms with Crippen LogP contribution < -0.4 is 19.9 Å². The van der Waals surface area contributed by atoms with E-state index >= 15 is 0 Å². The van der Waals surface area contributed by atoms with Crippen molar-refractivity contribution >= 4 is 0 Å². The van der Waals surface area contributed by atoms with Gasteiger partial charge < -0.3 is 19.9 Å². The third-order valence-electron chi connectivity index (χ3n) is 3.61. The van der Waals surface area contributed by atoms with Gasteiger partial charge in [-0.3, -0.25) is 0 Å². The monoisotopic (exact) mass is 315 g/mol. The van der Waals surface area contributed by atoms with Gasteiger partial charge in [-0.05, 0) is 50.1 Å². The van der Waals surface area contributed by atoms with E-state index in [4.69, 9.17) is 19.9 Å². The fourth-order valence-electron chi connectivity index (χ4n) is 2.49. The van der Waals surface area contributed by atoms with E-state index < -0.39 is 0 Å². The third kappa shape index (κ3) is 4.63. The molecule has 0 bridgehead atoms. The number of para-hydroxylation sites is 1. The first-order valence-corrected chi connectivity index (χ1v) is 7.84. The molecule has 23 heavy (non-hydrogen) atoms. The van der Waals surface area contributed by atoms with Crippen LogP contribution in [0.3, 0.4) is 0 Å². The van der Waals surface area contributed by atoms with Crippen molar-refractivity contribution in [1.29, 1.82) is 0 Å². The van der Waals surface area contributed by atoms with E-state index in [2.05, 4.69) is 13.0 Å². The van der Waals surface area contributed by atoms with Gasteiger partial charge in [0, 0.05) is 0 Å². The summed E-state index contributed by atoms with van der Waals surface area (Å²) in [5, 5.41) is 0. The Kier molecular flexibility index (Phi) is 6.29. The normalized spacial score (nSPS) is 10.4. The third-order valence-corrected chi connectivity index (χ3v) is 3.61. The van der Waals surface area contributed by atoms with Crippen LogP contribution in [0.1, 0.15) is 16.7 Å². The van der Waals surface area contributed by atoms with Crippen LogP contribution in [0.5, 0.6) is 17.2 Å². The van der Waals surface area contributed by atoms with Crippen molar-refractivity contribution in [2.24, 2.45) is 5.73 Å². The lowest BCUT2D eigenvalue weighted by Crippen LogP contribution is -2.12. The molecule has 0 fully saturated rings. The second-order valence-corrected chi connectivity index (χ2v) is 5.45. The van der Waals surface area contributed by atoms with Crippen molar-refractivity contribution < 1.29 is 14.2 Å². The topological polar surface area (TPSA) is 53.7 Å². The molecule has 0 saturated carbocycles. The van der Waals surface area contributed by atoms with Crippen molar-refractivity contribution in [1.82, 2.24) is 0 Å². The van der Waals surface area contributed by atoms with Gasteiger partial charge in [-0.25, -0.2) is 0 Å². The Morgan fingerprint density at radius 2 is 1.74 bits per heavy atom. The summed E-state index contributed by atoms with van der Waals surface area (Å²) in [6, 6.07) is 12.0. The van der Waals surface area contributed by atoms with E-state index in [9.17, 15) is 0 Å². The number of benzene rings is 2. The number of nitrogens with two attached hydrogens (primary N) is 1. The highest BCUT2D eigenvalue weighted by atomic mass is 16.5. The summed E-state index contributed by atoms with van der Waals surface area (Å²) in [7, 11) is 1.64. The van der Waals surface area contributed by atoms with Crippen LogP contribution >= 0.6 is 0 Å². The first-order chi connectivity index (χ1) is 11.2. The number of methoxy groups -OCH3 is 1. The number of ether oxygens (including phenoxy) is 3. The Hall–Kier alpha value is -2.20. The minimum Gasteiger partial charge on any atom is -0.493 e. The molecule has 4 nitrogen and oxygen atoms in total. The summed E-state index contributed by atoms with van der Waals surface area (Å²) in [5.74, 6) is 2.37. The summed E-state index contributed by atoms with van der Waals surface area (Å²) < 4.78 is 17.1. The molecule has 0 saturated heterocycles. The van der Waals surface area contributed by atoms with Gasteiger partial charge in [-0.1, -0.05) is 29.8 Å². The molecule has 0 aliphatic carbocycles. The summed E-state index contributed by atoms with van der Waals surface area (Å²) in [5.41, 5.74) is 9.07. The second-order valence-electron chi connectivity index (χ2n) is 5.45. The molecule has 0 spiro atoms.